The number of nitrogens with zero attached hydrogens (tertiary/aromatic N) is 2. The number of aryl methyl sites for hydroxylation is 1. The van der Waals surface area contributed by atoms with Gasteiger partial charge in [-0.1, -0.05) is 20.3 Å². The fourth-order valence-electron chi connectivity index (χ4n) is 3.54. The number of nitrogens with one attached hydrogen (secondary N) is 1. The van der Waals surface area contributed by atoms with Gasteiger partial charge in [0, 0.05) is 31.1 Å². The number of rotatable bonds is 4. The number of aromatic nitrogens is 1. The molecular formula is C16H27N3S. The molecule has 0 aromatic carbocycles. The lowest BCUT2D eigenvalue weighted by atomic mass is 9.89. The molecule has 0 spiro atoms. The number of hydrogen-bond donors (Lipinski definition) is 1. The minimum Gasteiger partial charge on any atom is -0.314 e. The maximum absolute atomic E-state index is 5.02. The van der Waals surface area contributed by atoms with E-state index in [1.165, 1.54) is 55.9 Å². The van der Waals surface area contributed by atoms with E-state index in [4.69, 9.17) is 4.98 Å². The van der Waals surface area contributed by atoms with Crippen molar-refractivity contribution in [1.29, 1.82) is 0 Å². The highest BCUT2D eigenvalue weighted by Crippen LogP contribution is 2.36. The van der Waals surface area contributed by atoms with Crippen LogP contribution < -0.4 is 5.32 Å². The van der Waals surface area contributed by atoms with E-state index >= 15 is 0 Å². The Morgan fingerprint density at radius 2 is 2.15 bits per heavy atom. The monoisotopic (exact) mass is 293 g/mol. The topological polar surface area (TPSA) is 28.2 Å². The van der Waals surface area contributed by atoms with Gasteiger partial charge >= 0.3 is 0 Å². The summed E-state index contributed by atoms with van der Waals surface area (Å²) in [5.74, 6) is 0.898. The molecule has 1 saturated heterocycles. The summed E-state index contributed by atoms with van der Waals surface area (Å²) >= 11 is 2.01. The summed E-state index contributed by atoms with van der Waals surface area (Å²) in [6, 6.07) is 0.549. The van der Waals surface area contributed by atoms with Crippen LogP contribution in [0, 0.1) is 5.92 Å². The van der Waals surface area contributed by atoms with Gasteiger partial charge in [-0.15, -0.1) is 11.3 Å². The molecule has 0 radical (unpaired) electrons. The van der Waals surface area contributed by atoms with E-state index in [1.54, 1.807) is 4.88 Å². The Bertz CT molecular complexity index is 437. The second-order valence-corrected chi connectivity index (χ2v) is 7.26. The Balaban J connectivity index is 1.77. The van der Waals surface area contributed by atoms with Crippen molar-refractivity contribution >= 4 is 11.3 Å². The van der Waals surface area contributed by atoms with Gasteiger partial charge in [0.2, 0.25) is 0 Å². The average Bonchev–Trinajstić information content (AvgIpc) is 2.91. The van der Waals surface area contributed by atoms with Crippen molar-refractivity contribution in [3.63, 3.8) is 0 Å². The molecule has 1 aromatic heterocycles. The minimum absolute atomic E-state index is 0.549. The molecule has 0 amide bonds. The smallest absolute Gasteiger partial charge is 0.110 e. The van der Waals surface area contributed by atoms with Crippen LogP contribution in [-0.2, 0) is 12.8 Å². The van der Waals surface area contributed by atoms with Crippen molar-refractivity contribution in [2.45, 2.75) is 52.0 Å². The predicted octanol–water partition coefficient (Wildman–Crippen LogP) is 3.01. The van der Waals surface area contributed by atoms with Gasteiger partial charge in [0.15, 0.2) is 0 Å². The highest BCUT2D eigenvalue weighted by molar-refractivity contribution is 7.11. The second kappa shape index (κ2) is 6.54. The van der Waals surface area contributed by atoms with Crippen LogP contribution in [0.5, 0.6) is 0 Å². The van der Waals surface area contributed by atoms with Crippen molar-refractivity contribution in [2.75, 3.05) is 26.2 Å². The lowest BCUT2D eigenvalue weighted by Crippen LogP contribution is -2.45. The number of fused-ring (bicyclic) bond motifs is 1. The fourth-order valence-corrected chi connectivity index (χ4v) is 4.98. The summed E-state index contributed by atoms with van der Waals surface area (Å²) in [6.07, 6.45) is 6.34. The second-order valence-electron chi connectivity index (χ2n) is 6.15. The molecule has 2 atom stereocenters. The lowest BCUT2D eigenvalue weighted by molar-refractivity contribution is 0.169. The van der Waals surface area contributed by atoms with Crippen molar-refractivity contribution in [3.05, 3.63) is 15.6 Å². The Morgan fingerprint density at radius 1 is 1.35 bits per heavy atom. The van der Waals surface area contributed by atoms with Crippen LogP contribution in [0.1, 0.15) is 54.7 Å². The predicted molar refractivity (Wildman–Crippen MR) is 85.4 cm³/mol. The first-order valence-electron chi connectivity index (χ1n) is 8.25. The first-order chi connectivity index (χ1) is 9.81. The van der Waals surface area contributed by atoms with Crippen molar-refractivity contribution in [2.24, 2.45) is 5.92 Å². The van der Waals surface area contributed by atoms with E-state index in [1.807, 2.05) is 11.3 Å². The molecule has 3 rings (SSSR count). The number of thiazole rings is 1. The van der Waals surface area contributed by atoms with Crippen molar-refractivity contribution < 1.29 is 0 Å². The zero-order valence-corrected chi connectivity index (χ0v) is 13.6. The molecule has 4 heteroatoms. The van der Waals surface area contributed by atoms with E-state index in [0.717, 1.165) is 19.0 Å². The summed E-state index contributed by atoms with van der Waals surface area (Å²) in [5, 5.41) is 4.83. The Morgan fingerprint density at radius 3 is 2.85 bits per heavy atom. The van der Waals surface area contributed by atoms with Gasteiger partial charge in [-0.25, -0.2) is 4.98 Å². The molecule has 1 fully saturated rings. The lowest BCUT2D eigenvalue weighted by Gasteiger charge is -2.33. The Kier molecular flexibility index (Phi) is 4.74. The summed E-state index contributed by atoms with van der Waals surface area (Å²) in [6.45, 7) is 9.22. The largest absolute Gasteiger partial charge is 0.314 e. The van der Waals surface area contributed by atoms with Crippen LogP contribution >= 0.6 is 11.3 Å². The third kappa shape index (κ3) is 2.92. The van der Waals surface area contributed by atoms with Crippen molar-refractivity contribution in [1.82, 2.24) is 15.2 Å². The summed E-state index contributed by atoms with van der Waals surface area (Å²) in [4.78, 5) is 9.23. The maximum atomic E-state index is 5.02. The van der Waals surface area contributed by atoms with E-state index in [-0.39, 0.29) is 0 Å². The maximum Gasteiger partial charge on any atom is 0.110 e. The molecule has 1 aliphatic heterocycles. The average molecular weight is 293 g/mol. The van der Waals surface area contributed by atoms with E-state index < -0.39 is 0 Å². The SMILES string of the molecule is CCC1CCc2nc(C(CC)N3CCNCC3)sc2C1. The van der Waals surface area contributed by atoms with Crippen LogP contribution in [-0.4, -0.2) is 36.1 Å². The van der Waals surface area contributed by atoms with E-state index in [2.05, 4.69) is 24.1 Å². The zero-order chi connectivity index (χ0) is 13.9. The molecule has 1 aliphatic carbocycles. The molecule has 2 aliphatic rings. The van der Waals surface area contributed by atoms with E-state index in [9.17, 15) is 0 Å². The molecule has 20 heavy (non-hydrogen) atoms. The van der Waals surface area contributed by atoms with Gasteiger partial charge in [-0.3, -0.25) is 4.90 Å². The summed E-state index contributed by atoms with van der Waals surface area (Å²) in [7, 11) is 0. The molecule has 1 aromatic rings. The molecule has 0 bridgehead atoms. The highest BCUT2D eigenvalue weighted by Gasteiger charge is 2.27. The number of piperazine rings is 1. The molecule has 1 N–H and O–H groups in total. The molecule has 2 heterocycles. The highest BCUT2D eigenvalue weighted by atomic mass is 32.1. The van der Waals surface area contributed by atoms with Crippen molar-refractivity contribution in [3.8, 4) is 0 Å². The zero-order valence-electron chi connectivity index (χ0n) is 12.8. The van der Waals surface area contributed by atoms with Gasteiger partial charge < -0.3 is 5.32 Å². The quantitative estimate of drug-likeness (QED) is 0.925. The van der Waals surface area contributed by atoms with Crippen LogP contribution in [0.25, 0.3) is 0 Å². The molecule has 112 valence electrons. The summed E-state index contributed by atoms with van der Waals surface area (Å²) in [5.41, 5.74) is 1.42. The van der Waals surface area contributed by atoms with Crippen LogP contribution in [0.2, 0.25) is 0 Å². The fraction of sp³-hybridized carbons (Fsp3) is 0.812. The summed E-state index contributed by atoms with van der Waals surface area (Å²) < 4.78 is 0. The number of hydrogen-bond acceptors (Lipinski definition) is 4. The Labute approximate surface area is 126 Å². The van der Waals surface area contributed by atoms with Crippen LogP contribution in [0.15, 0.2) is 0 Å². The van der Waals surface area contributed by atoms with Gasteiger partial charge in [-0.2, -0.15) is 0 Å². The molecular weight excluding hydrogens is 266 g/mol. The third-order valence-electron chi connectivity index (χ3n) is 4.90. The molecule has 0 saturated carbocycles. The first-order valence-corrected chi connectivity index (χ1v) is 9.06. The minimum atomic E-state index is 0.549. The molecule has 3 nitrogen and oxygen atoms in total. The van der Waals surface area contributed by atoms with E-state index in [0.29, 0.717) is 6.04 Å². The normalized spacial score (nSPS) is 25.4. The van der Waals surface area contributed by atoms with Gasteiger partial charge in [0.1, 0.15) is 5.01 Å². The van der Waals surface area contributed by atoms with Gasteiger partial charge in [-0.05, 0) is 31.6 Å². The van der Waals surface area contributed by atoms with Crippen LogP contribution in [0.3, 0.4) is 0 Å². The first kappa shape index (κ1) is 14.5. The van der Waals surface area contributed by atoms with Crippen LogP contribution in [0.4, 0.5) is 0 Å². The third-order valence-corrected chi connectivity index (χ3v) is 6.12. The van der Waals surface area contributed by atoms with Gasteiger partial charge in [0.25, 0.3) is 0 Å². The molecule has 2 unspecified atom stereocenters. The Hall–Kier alpha value is -0.450. The standard InChI is InChI=1S/C16H27N3S/c1-3-12-5-6-13-15(11-12)20-16(18-13)14(4-2)19-9-7-17-8-10-19/h12,14,17H,3-11H2,1-2H3. The van der Waals surface area contributed by atoms with Gasteiger partial charge in [0.05, 0.1) is 11.7 Å².